The molecule has 0 radical (unpaired) electrons. The minimum absolute atomic E-state index is 1.09. The predicted molar refractivity (Wildman–Crippen MR) is 29.9 cm³/mol. The van der Waals surface area contributed by atoms with Crippen molar-refractivity contribution in [3.05, 3.63) is 24.5 Å². The Kier molecular flexibility index (Phi) is 1.86. The highest BCUT2D eigenvalue weighted by Gasteiger charge is 1.83. The van der Waals surface area contributed by atoms with E-state index in [1.54, 1.807) is 12.1 Å². The molecule has 0 bridgehead atoms. The molecule has 0 aromatic carbocycles. The second-order valence-electron chi connectivity index (χ2n) is 1.32. The zero-order valence-corrected chi connectivity index (χ0v) is 5.21. The number of hydrogen-bond donors (Lipinski definition) is 0. The summed E-state index contributed by atoms with van der Waals surface area (Å²) in [5, 5.41) is 0. The van der Waals surface area contributed by atoms with Crippen molar-refractivity contribution in [2.45, 2.75) is 0 Å². The van der Waals surface area contributed by atoms with E-state index >= 15 is 0 Å². The second-order valence-corrected chi connectivity index (χ2v) is 1.88. The van der Waals surface area contributed by atoms with Crippen molar-refractivity contribution < 1.29 is 13.0 Å². The Morgan fingerprint density at radius 1 is 1.44 bits per heavy atom. The Labute approximate surface area is 54.5 Å². The molecule has 0 fully saturated rings. The first-order valence-electron chi connectivity index (χ1n) is 2.20. The Morgan fingerprint density at radius 2 is 2.00 bits per heavy atom. The van der Waals surface area contributed by atoms with Crippen molar-refractivity contribution in [1.82, 2.24) is 4.73 Å². The molecule has 1 rings (SSSR count). The summed E-state index contributed by atoms with van der Waals surface area (Å²) in [4.78, 5) is 0. The molecular weight excluding hydrogens is 142 g/mol. The fraction of sp³-hybridized carbons (Fsp3) is 0. The molecule has 1 unspecified atom stereocenters. The molecule has 0 aliphatic rings. The largest absolute Gasteiger partial charge is 0.738 e. The van der Waals surface area contributed by atoms with Crippen LogP contribution in [0.4, 0.5) is 0 Å². The van der Waals surface area contributed by atoms with Crippen molar-refractivity contribution >= 4 is 11.4 Å². The number of nitrogens with zero attached hydrogens (tertiary/aromatic N) is 1. The normalized spacial score (nSPS) is 13.0. The molecule has 0 amide bonds. The topological polar surface area (TPSA) is 54.3 Å². The van der Waals surface area contributed by atoms with E-state index in [2.05, 4.69) is 4.28 Å². The predicted octanol–water partition coefficient (Wildman–Crippen LogP) is -0.289. The summed E-state index contributed by atoms with van der Waals surface area (Å²) in [5.74, 6) is 0. The molecule has 1 aromatic rings. The van der Waals surface area contributed by atoms with E-state index in [1.807, 2.05) is 0 Å². The molecule has 4 nitrogen and oxygen atoms in total. The Morgan fingerprint density at radius 3 is 2.44 bits per heavy atom. The summed E-state index contributed by atoms with van der Waals surface area (Å²) in [7, 11) is 0. The zero-order chi connectivity index (χ0) is 6.69. The van der Waals surface area contributed by atoms with Crippen molar-refractivity contribution in [3.63, 3.8) is 0 Å². The SMILES string of the molecule is O=S([O-])On1cccc1. The highest BCUT2D eigenvalue weighted by atomic mass is 32.2. The molecule has 0 saturated carbocycles. The summed E-state index contributed by atoms with van der Waals surface area (Å²) >= 11 is -2.48. The maximum absolute atomic E-state index is 9.82. The molecule has 50 valence electrons. The number of rotatable bonds is 2. The van der Waals surface area contributed by atoms with Crippen LogP contribution in [0.25, 0.3) is 0 Å². The van der Waals surface area contributed by atoms with Crippen LogP contribution in [0, 0.1) is 0 Å². The van der Waals surface area contributed by atoms with Crippen LogP contribution in [0.5, 0.6) is 0 Å². The lowest BCUT2D eigenvalue weighted by molar-refractivity contribution is 0.267. The molecule has 0 aliphatic heterocycles. The van der Waals surface area contributed by atoms with Crippen LogP contribution in [0.15, 0.2) is 24.5 Å². The minimum atomic E-state index is -2.48. The molecule has 9 heavy (non-hydrogen) atoms. The minimum Gasteiger partial charge on any atom is -0.738 e. The smallest absolute Gasteiger partial charge is 0.167 e. The van der Waals surface area contributed by atoms with Crippen LogP contribution in [-0.4, -0.2) is 13.5 Å². The van der Waals surface area contributed by atoms with Crippen LogP contribution in [-0.2, 0) is 11.4 Å². The highest BCUT2D eigenvalue weighted by molar-refractivity contribution is 7.74. The van der Waals surface area contributed by atoms with Crippen molar-refractivity contribution in [2.24, 2.45) is 0 Å². The highest BCUT2D eigenvalue weighted by Crippen LogP contribution is 1.85. The molecule has 0 spiro atoms. The fourth-order valence-corrected chi connectivity index (χ4v) is 0.679. The van der Waals surface area contributed by atoms with Gasteiger partial charge in [-0.1, -0.05) is 0 Å². The first kappa shape index (κ1) is 6.31. The first-order chi connectivity index (χ1) is 4.29. The molecule has 5 heteroatoms. The fourth-order valence-electron chi connectivity index (χ4n) is 0.439. The van der Waals surface area contributed by atoms with Gasteiger partial charge in [-0.2, -0.15) is 4.73 Å². The lowest BCUT2D eigenvalue weighted by atomic mass is 10.7. The van der Waals surface area contributed by atoms with Crippen LogP contribution >= 0.6 is 0 Å². The van der Waals surface area contributed by atoms with Gasteiger partial charge in [-0.3, -0.25) is 0 Å². The van der Waals surface area contributed by atoms with E-state index in [4.69, 9.17) is 0 Å². The lowest BCUT2D eigenvalue weighted by Crippen LogP contribution is -2.10. The quantitative estimate of drug-likeness (QED) is 0.539. The second kappa shape index (κ2) is 2.65. The Hall–Kier alpha value is -0.810. The van der Waals surface area contributed by atoms with Gasteiger partial charge in [0.1, 0.15) is 0 Å². The van der Waals surface area contributed by atoms with Crippen LogP contribution in [0.1, 0.15) is 0 Å². The maximum atomic E-state index is 9.82. The van der Waals surface area contributed by atoms with Gasteiger partial charge in [-0.25, -0.2) is 4.21 Å². The monoisotopic (exact) mass is 146 g/mol. The molecule has 1 atom stereocenters. The average Bonchev–Trinajstić information content (AvgIpc) is 2.15. The van der Waals surface area contributed by atoms with E-state index < -0.39 is 11.4 Å². The van der Waals surface area contributed by atoms with Gasteiger partial charge in [-0.15, -0.1) is 0 Å². The van der Waals surface area contributed by atoms with E-state index in [0.29, 0.717) is 0 Å². The standard InChI is InChI=1S/C4H5NO3S/c6-9(7)8-5-3-1-2-4-5/h1-4H,(H,6,7)/p-1. The van der Waals surface area contributed by atoms with Gasteiger partial charge < -0.3 is 8.84 Å². The summed E-state index contributed by atoms with van der Waals surface area (Å²) in [6.07, 6.45) is 2.96. The number of aromatic nitrogens is 1. The van der Waals surface area contributed by atoms with Gasteiger partial charge in [0.15, 0.2) is 11.4 Å². The van der Waals surface area contributed by atoms with E-state index in [9.17, 15) is 8.76 Å². The van der Waals surface area contributed by atoms with Crippen LogP contribution < -0.4 is 4.28 Å². The van der Waals surface area contributed by atoms with Gasteiger partial charge in [0.05, 0.1) is 0 Å². The molecule has 0 N–H and O–H groups in total. The summed E-state index contributed by atoms with van der Waals surface area (Å²) in [6.45, 7) is 0. The third kappa shape index (κ3) is 1.87. The molecule has 1 heterocycles. The van der Waals surface area contributed by atoms with Gasteiger partial charge in [0.25, 0.3) is 0 Å². The summed E-state index contributed by atoms with van der Waals surface area (Å²) in [5.41, 5.74) is 0. The first-order valence-corrected chi connectivity index (χ1v) is 3.20. The average molecular weight is 146 g/mol. The lowest BCUT2D eigenvalue weighted by Gasteiger charge is -2.05. The third-order valence-corrected chi connectivity index (χ3v) is 1.02. The van der Waals surface area contributed by atoms with Gasteiger partial charge in [-0.05, 0) is 12.1 Å². The third-order valence-electron chi connectivity index (χ3n) is 0.724. The van der Waals surface area contributed by atoms with E-state index in [-0.39, 0.29) is 0 Å². The molecular formula is C4H4NO3S-. The molecule has 0 saturated heterocycles. The Bertz CT molecular complexity index is 196. The van der Waals surface area contributed by atoms with Gasteiger partial charge in [0, 0.05) is 12.4 Å². The van der Waals surface area contributed by atoms with Gasteiger partial charge >= 0.3 is 0 Å². The molecule has 0 aliphatic carbocycles. The van der Waals surface area contributed by atoms with Gasteiger partial charge in [0.2, 0.25) is 0 Å². The van der Waals surface area contributed by atoms with Crippen molar-refractivity contribution in [1.29, 1.82) is 0 Å². The Balaban J connectivity index is 2.58. The van der Waals surface area contributed by atoms with Crippen LogP contribution in [0.2, 0.25) is 0 Å². The van der Waals surface area contributed by atoms with Crippen LogP contribution in [0.3, 0.4) is 0 Å². The molecule has 1 aromatic heterocycles. The summed E-state index contributed by atoms with van der Waals surface area (Å²) in [6, 6.07) is 3.32. The summed E-state index contributed by atoms with van der Waals surface area (Å²) < 4.78 is 24.9. The maximum Gasteiger partial charge on any atom is 0.167 e. The zero-order valence-electron chi connectivity index (χ0n) is 4.39. The van der Waals surface area contributed by atoms with E-state index in [1.165, 1.54) is 12.4 Å². The number of hydrogen-bond acceptors (Lipinski definition) is 3. The van der Waals surface area contributed by atoms with Crippen molar-refractivity contribution in [2.75, 3.05) is 0 Å². The van der Waals surface area contributed by atoms with E-state index in [0.717, 1.165) is 4.73 Å². The van der Waals surface area contributed by atoms with Crippen molar-refractivity contribution in [3.8, 4) is 0 Å².